The maximum absolute atomic E-state index is 13.7. The van der Waals surface area contributed by atoms with Crippen molar-refractivity contribution in [1.82, 2.24) is 10.2 Å². The molecule has 1 aromatic carbocycles. The Labute approximate surface area is 194 Å². The van der Waals surface area contributed by atoms with Crippen molar-refractivity contribution in [3.8, 4) is 11.5 Å². The van der Waals surface area contributed by atoms with Gasteiger partial charge < -0.3 is 20.1 Å². The van der Waals surface area contributed by atoms with E-state index in [4.69, 9.17) is 16.3 Å². The standard InChI is InChI=1S/C25H31ClN2O4/c1-14-20(24(31)28-8-6-5-7-9-28)21(15-10-16(26)23(30)19(11-15)32-4)22-17(27-14)12-25(2,3)13-18(22)29/h10-11,21,27,30H,5-9,12-13H2,1-4H3/t21-/m1/s1. The van der Waals surface area contributed by atoms with Crippen molar-refractivity contribution < 1.29 is 19.4 Å². The molecule has 1 fully saturated rings. The van der Waals surface area contributed by atoms with Gasteiger partial charge in [0, 0.05) is 48.0 Å². The normalized spacial score (nSPS) is 23.1. The molecule has 0 bridgehead atoms. The summed E-state index contributed by atoms with van der Waals surface area (Å²) in [5.74, 6) is -0.502. The van der Waals surface area contributed by atoms with Crippen LogP contribution in [0, 0.1) is 5.41 Å². The molecule has 1 aliphatic carbocycles. The number of piperidine rings is 1. The minimum atomic E-state index is -0.559. The second-order valence-electron chi connectivity index (χ2n) is 9.84. The smallest absolute Gasteiger partial charge is 0.252 e. The molecule has 1 atom stereocenters. The van der Waals surface area contributed by atoms with Gasteiger partial charge in [0.2, 0.25) is 0 Å². The Morgan fingerprint density at radius 3 is 2.56 bits per heavy atom. The van der Waals surface area contributed by atoms with Gasteiger partial charge in [-0.05, 0) is 55.7 Å². The Kier molecular flexibility index (Phi) is 6.01. The number of ketones is 1. The molecule has 0 spiro atoms. The molecule has 0 aromatic heterocycles. The number of nitrogens with one attached hydrogen (secondary N) is 1. The Hall–Kier alpha value is -2.47. The molecule has 1 aromatic rings. The van der Waals surface area contributed by atoms with Crippen LogP contribution >= 0.6 is 11.6 Å². The lowest BCUT2D eigenvalue weighted by atomic mass is 9.68. The van der Waals surface area contributed by atoms with Gasteiger partial charge in [0.15, 0.2) is 17.3 Å². The molecule has 32 heavy (non-hydrogen) atoms. The highest BCUT2D eigenvalue weighted by atomic mass is 35.5. The minimum absolute atomic E-state index is 0.0355. The zero-order valence-corrected chi connectivity index (χ0v) is 19.9. The van der Waals surface area contributed by atoms with Crippen molar-refractivity contribution in [3.63, 3.8) is 0 Å². The Balaban J connectivity index is 1.89. The van der Waals surface area contributed by atoms with E-state index in [0.29, 0.717) is 23.1 Å². The number of methoxy groups -OCH3 is 1. The van der Waals surface area contributed by atoms with Crippen molar-refractivity contribution in [2.24, 2.45) is 5.41 Å². The number of carbonyl (C=O) groups is 2. The maximum atomic E-state index is 13.7. The summed E-state index contributed by atoms with van der Waals surface area (Å²) in [5, 5.41) is 13.8. The van der Waals surface area contributed by atoms with E-state index in [1.807, 2.05) is 11.8 Å². The molecule has 4 rings (SSSR count). The SMILES string of the molecule is COc1cc([C@@H]2C(C(=O)N3CCCCC3)=C(C)NC3=C2C(=O)CC(C)(C)C3)cc(Cl)c1O. The van der Waals surface area contributed by atoms with Crippen molar-refractivity contribution >= 4 is 23.3 Å². The maximum Gasteiger partial charge on any atom is 0.252 e. The van der Waals surface area contributed by atoms with Gasteiger partial charge >= 0.3 is 0 Å². The summed E-state index contributed by atoms with van der Waals surface area (Å²) in [6.45, 7) is 7.50. The third kappa shape index (κ3) is 4.01. The molecule has 172 valence electrons. The van der Waals surface area contributed by atoms with Crippen LogP contribution in [0.3, 0.4) is 0 Å². The Bertz CT molecular complexity index is 1030. The predicted octanol–water partition coefficient (Wildman–Crippen LogP) is 4.67. The Morgan fingerprint density at radius 2 is 1.91 bits per heavy atom. The predicted molar refractivity (Wildman–Crippen MR) is 124 cm³/mol. The number of nitrogens with zero attached hydrogens (tertiary/aromatic N) is 1. The monoisotopic (exact) mass is 458 g/mol. The first-order valence-corrected chi connectivity index (χ1v) is 11.6. The topological polar surface area (TPSA) is 78.9 Å². The van der Waals surface area contributed by atoms with Crippen LogP contribution in [0.1, 0.15) is 64.4 Å². The highest BCUT2D eigenvalue weighted by Crippen LogP contribution is 2.49. The zero-order valence-electron chi connectivity index (χ0n) is 19.2. The van der Waals surface area contributed by atoms with Gasteiger partial charge in [-0.25, -0.2) is 0 Å². The Morgan fingerprint density at radius 1 is 1.22 bits per heavy atom. The number of Topliss-reactive ketones (excluding diaryl/α,β-unsaturated/α-hetero) is 1. The van der Waals surface area contributed by atoms with Crippen molar-refractivity contribution in [3.05, 3.63) is 45.3 Å². The molecule has 2 N–H and O–H groups in total. The number of ether oxygens (including phenoxy) is 1. The number of hydrogen-bond acceptors (Lipinski definition) is 5. The summed E-state index contributed by atoms with van der Waals surface area (Å²) in [6, 6.07) is 3.33. The quantitative estimate of drug-likeness (QED) is 0.688. The van der Waals surface area contributed by atoms with Gasteiger partial charge in [-0.1, -0.05) is 25.4 Å². The van der Waals surface area contributed by atoms with Crippen LogP contribution in [-0.2, 0) is 9.59 Å². The molecule has 0 saturated carbocycles. The summed E-state index contributed by atoms with van der Waals surface area (Å²) in [7, 11) is 1.46. The number of halogens is 1. The van der Waals surface area contributed by atoms with Crippen molar-refractivity contribution in [2.45, 2.75) is 58.8 Å². The highest BCUT2D eigenvalue weighted by Gasteiger charge is 2.43. The van der Waals surface area contributed by atoms with Gasteiger partial charge in [0.25, 0.3) is 5.91 Å². The summed E-state index contributed by atoms with van der Waals surface area (Å²) >= 11 is 6.33. The number of dihydropyridines is 1. The van der Waals surface area contributed by atoms with E-state index in [9.17, 15) is 14.7 Å². The van der Waals surface area contributed by atoms with E-state index >= 15 is 0 Å². The number of carbonyl (C=O) groups excluding carboxylic acids is 2. The molecule has 0 radical (unpaired) electrons. The first-order chi connectivity index (χ1) is 15.1. The third-order valence-corrected chi connectivity index (χ3v) is 7.01. The molecule has 3 aliphatic rings. The second kappa shape index (κ2) is 8.47. The highest BCUT2D eigenvalue weighted by molar-refractivity contribution is 6.32. The summed E-state index contributed by atoms with van der Waals surface area (Å²) < 4.78 is 5.33. The first kappa shape index (κ1) is 22.7. The van der Waals surface area contributed by atoms with Crippen LogP contribution in [-0.4, -0.2) is 41.9 Å². The number of benzene rings is 1. The molecular weight excluding hydrogens is 428 g/mol. The molecular formula is C25H31ClN2O4. The fourth-order valence-corrected chi connectivity index (χ4v) is 5.46. The number of aromatic hydroxyl groups is 1. The van der Waals surface area contributed by atoms with E-state index in [2.05, 4.69) is 19.2 Å². The third-order valence-electron chi connectivity index (χ3n) is 6.72. The lowest BCUT2D eigenvalue weighted by Gasteiger charge is -2.41. The van der Waals surface area contributed by atoms with Crippen LogP contribution in [0.25, 0.3) is 0 Å². The van der Waals surface area contributed by atoms with Gasteiger partial charge in [-0.3, -0.25) is 9.59 Å². The number of rotatable bonds is 3. The van der Waals surface area contributed by atoms with E-state index < -0.39 is 5.92 Å². The average Bonchev–Trinajstić information content (AvgIpc) is 2.74. The summed E-state index contributed by atoms with van der Waals surface area (Å²) in [5.41, 5.74) is 3.34. The molecule has 1 amide bonds. The van der Waals surface area contributed by atoms with Crippen LogP contribution < -0.4 is 10.1 Å². The van der Waals surface area contributed by atoms with Gasteiger partial charge in [0.1, 0.15) is 0 Å². The lowest BCUT2D eigenvalue weighted by Crippen LogP contribution is -2.43. The molecule has 2 heterocycles. The van der Waals surface area contributed by atoms with Crippen LogP contribution in [0.4, 0.5) is 0 Å². The van der Waals surface area contributed by atoms with Gasteiger partial charge in [0.05, 0.1) is 12.1 Å². The number of hydrogen-bond donors (Lipinski definition) is 2. The van der Waals surface area contributed by atoms with Crippen molar-refractivity contribution in [2.75, 3.05) is 20.2 Å². The van der Waals surface area contributed by atoms with E-state index in [0.717, 1.165) is 50.2 Å². The molecule has 0 unspecified atom stereocenters. The first-order valence-electron chi connectivity index (χ1n) is 11.2. The number of likely N-dealkylation sites (tertiary alicyclic amines) is 1. The minimum Gasteiger partial charge on any atom is -0.503 e. The largest absolute Gasteiger partial charge is 0.503 e. The van der Waals surface area contributed by atoms with E-state index in [-0.39, 0.29) is 33.6 Å². The van der Waals surface area contributed by atoms with Gasteiger partial charge in [-0.15, -0.1) is 0 Å². The number of amides is 1. The lowest BCUT2D eigenvalue weighted by molar-refractivity contribution is -0.128. The van der Waals surface area contributed by atoms with E-state index in [1.54, 1.807) is 12.1 Å². The summed E-state index contributed by atoms with van der Waals surface area (Å²) in [6.07, 6.45) is 4.22. The van der Waals surface area contributed by atoms with E-state index in [1.165, 1.54) is 7.11 Å². The number of phenolic OH excluding ortho intramolecular Hbond substituents is 1. The number of phenols is 1. The van der Waals surface area contributed by atoms with Crippen molar-refractivity contribution in [1.29, 1.82) is 0 Å². The van der Waals surface area contributed by atoms with Crippen LogP contribution in [0.2, 0.25) is 5.02 Å². The van der Waals surface area contributed by atoms with Gasteiger partial charge in [-0.2, -0.15) is 0 Å². The second-order valence-corrected chi connectivity index (χ2v) is 10.2. The fraction of sp³-hybridized carbons (Fsp3) is 0.520. The number of allylic oxidation sites excluding steroid dienone is 3. The fourth-order valence-electron chi connectivity index (χ4n) is 5.24. The summed E-state index contributed by atoms with van der Waals surface area (Å²) in [4.78, 5) is 29.1. The molecule has 7 heteroatoms. The van der Waals surface area contributed by atoms with Crippen LogP contribution in [0.15, 0.2) is 34.7 Å². The average molecular weight is 459 g/mol. The zero-order chi connectivity index (χ0) is 23.2. The molecule has 6 nitrogen and oxygen atoms in total. The molecule has 1 saturated heterocycles. The molecule has 2 aliphatic heterocycles. The van der Waals surface area contributed by atoms with Crippen LogP contribution in [0.5, 0.6) is 11.5 Å².